The third-order valence-electron chi connectivity index (χ3n) is 2.68. The van der Waals surface area contributed by atoms with E-state index in [-0.39, 0.29) is 6.54 Å². The maximum atomic E-state index is 11.6. The molecule has 2 aromatic rings. The van der Waals surface area contributed by atoms with Crippen LogP contribution < -0.4 is 0 Å². The molecule has 0 unspecified atom stereocenters. The molecule has 0 saturated carbocycles. The molecule has 1 aromatic heterocycles. The van der Waals surface area contributed by atoms with E-state index in [0.29, 0.717) is 5.69 Å². The highest BCUT2D eigenvalue weighted by atomic mass is 16.5. The minimum absolute atomic E-state index is 0.136. The minimum Gasteiger partial charge on any atom is -0.464 e. The molecular weight excluding hydrogens is 216 g/mol. The molecule has 86 valence electrons. The van der Waals surface area contributed by atoms with Crippen molar-refractivity contribution in [2.24, 2.45) is 0 Å². The molecule has 0 bridgehead atoms. The van der Waals surface area contributed by atoms with Crippen LogP contribution in [0.3, 0.4) is 0 Å². The van der Waals surface area contributed by atoms with E-state index >= 15 is 0 Å². The number of carbonyl (C=O) groups is 1. The minimum atomic E-state index is -0.422. The molecule has 0 N–H and O–H groups in total. The van der Waals surface area contributed by atoms with Crippen molar-refractivity contribution in [1.82, 2.24) is 4.57 Å². The second kappa shape index (κ2) is 4.30. The Bertz CT molecular complexity index is 620. The molecule has 17 heavy (non-hydrogen) atoms. The SMILES string of the molecule is COC(=O)c1cc2cc(C)ccc2n1CC#N. The van der Waals surface area contributed by atoms with Gasteiger partial charge in [0, 0.05) is 10.9 Å². The molecule has 0 aliphatic heterocycles. The van der Waals surface area contributed by atoms with Gasteiger partial charge in [-0.15, -0.1) is 0 Å². The van der Waals surface area contributed by atoms with Gasteiger partial charge < -0.3 is 9.30 Å². The zero-order valence-electron chi connectivity index (χ0n) is 9.73. The Hall–Kier alpha value is -2.28. The molecule has 1 heterocycles. The summed E-state index contributed by atoms with van der Waals surface area (Å²) in [6.07, 6.45) is 0. The van der Waals surface area contributed by atoms with Gasteiger partial charge in [0.2, 0.25) is 0 Å². The van der Waals surface area contributed by atoms with Crippen LogP contribution in [0.1, 0.15) is 16.1 Å². The van der Waals surface area contributed by atoms with Gasteiger partial charge in [-0.2, -0.15) is 5.26 Å². The van der Waals surface area contributed by atoms with E-state index < -0.39 is 5.97 Å². The topological polar surface area (TPSA) is 55.0 Å². The van der Waals surface area contributed by atoms with Crippen molar-refractivity contribution in [2.45, 2.75) is 13.5 Å². The van der Waals surface area contributed by atoms with Gasteiger partial charge in [-0.1, -0.05) is 11.6 Å². The Morgan fingerprint density at radius 2 is 2.24 bits per heavy atom. The lowest BCUT2D eigenvalue weighted by Crippen LogP contribution is -2.09. The second-order valence-electron chi connectivity index (χ2n) is 3.83. The summed E-state index contributed by atoms with van der Waals surface area (Å²) < 4.78 is 6.38. The van der Waals surface area contributed by atoms with Gasteiger partial charge in [-0.25, -0.2) is 4.79 Å². The second-order valence-corrected chi connectivity index (χ2v) is 3.83. The highest BCUT2D eigenvalue weighted by molar-refractivity contribution is 5.95. The van der Waals surface area contributed by atoms with Crippen LogP contribution in [-0.4, -0.2) is 17.6 Å². The van der Waals surface area contributed by atoms with Gasteiger partial charge in [0.05, 0.1) is 13.2 Å². The normalized spacial score (nSPS) is 10.2. The molecule has 0 radical (unpaired) electrons. The van der Waals surface area contributed by atoms with Crippen LogP contribution in [0, 0.1) is 18.3 Å². The van der Waals surface area contributed by atoms with Gasteiger partial charge in [0.1, 0.15) is 12.2 Å². The van der Waals surface area contributed by atoms with Crippen LogP contribution in [0.25, 0.3) is 10.9 Å². The molecule has 4 nitrogen and oxygen atoms in total. The summed E-state index contributed by atoms with van der Waals surface area (Å²) in [7, 11) is 1.34. The Labute approximate surface area is 99.0 Å². The third-order valence-corrected chi connectivity index (χ3v) is 2.68. The van der Waals surface area contributed by atoms with Crippen molar-refractivity contribution in [2.75, 3.05) is 7.11 Å². The summed E-state index contributed by atoms with van der Waals surface area (Å²) >= 11 is 0. The quantitative estimate of drug-likeness (QED) is 0.741. The van der Waals surface area contributed by atoms with E-state index in [1.54, 1.807) is 10.6 Å². The fourth-order valence-electron chi connectivity index (χ4n) is 1.91. The lowest BCUT2D eigenvalue weighted by atomic mass is 10.2. The average Bonchev–Trinajstić information content (AvgIpc) is 2.67. The number of carbonyl (C=O) groups excluding carboxylic acids is 1. The van der Waals surface area contributed by atoms with E-state index in [2.05, 4.69) is 6.07 Å². The summed E-state index contributed by atoms with van der Waals surface area (Å²) in [6.45, 7) is 2.12. The highest BCUT2D eigenvalue weighted by Gasteiger charge is 2.15. The fourth-order valence-corrected chi connectivity index (χ4v) is 1.91. The molecule has 0 saturated heterocycles. The molecule has 0 aliphatic rings. The van der Waals surface area contributed by atoms with Crippen molar-refractivity contribution >= 4 is 16.9 Å². The molecule has 1 aromatic carbocycles. The molecule has 0 atom stereocenters. The van der Waals surface area contributed by atoms with E-state index in [0.717, 1.165) is 16.5 Å². The number of fused-ring (bicyclic) bond motifs is 1. The van der Waals surface area contributed by atoms with Crippen LogP contribution >= 0.6 is 0 Å². The van der Waals surface area contributed by atoms with Gasteiger partial charge in [0.15, 0.2) is 0 Å². The van der Waals surface area contributed by atoms with Crippen LogP contribution in [0.2, 0.25) is 0 Å². The number of aryl methyl sites for hydroxylation is 1. The fraction of sp³-hybridized carbons (Fsp3) is 0.231. The summed E-state index contributed by atoms with van der Waals surface area (Å²) in [5, 5.41) is 9.75. The number of aromatic nitrogens is 1. The number of nitrogens with zero attached hydrogens (tertiary/aromatic N) is 2. The molecule has 0 aliphatic carbocycles. The zero-order chi connectivity index (χ0) is 12.4. The number of hydrogen-bond acceptors (Lipinski definition) is 3. The average molecular weight is 228 g/mol. The van der Waals surface area contributed by atoms with Crippen LogP contribution in [-0.2, 0) is 11.3 Å². The lowest BCUT2D eigenvalue weighted by molar-refractivity contribution is 0.0590. The highest BCUT2D eigenvalue weighted by Crippen LogP contribution is 2.21. The predicted octanol–water partition coefficient (Wildman–Crippen LogP) is 2.26. The molecule has 4 heteroatoms. The van der Waals surface area contributed by atoms with Gasteiger partial charge >= 0.3 is 5.97 Å². The molecule has 0 fully saturated rings. The van der Waals surface area contributed by atoms with Crippen LogP contribution in [0.5, 0.6) is 0 Å². The first kappa shape index (κ1) is 11.2. The number of methoxy groups -OCH3 is 1. The smallest absolute Gasteiger partial charge is 0.354 e. The van der Waals surface area contributed by atoms with E-state index in [9.17, 15) is 4.79 Å². The Balaban J connectivity index is 2.70. The monoisotopic (exact) mass is 228 g/mol. The summed E-state index contributed by atoms with van der Waals surface area (Å²) in [5.41, 5.74) is 2.40. The first-order chi connectivity index (χ1) is 8.17. The molecular formula is C13H12N2O2. The van der Waals surface area contributed by atoms with E-state index in [1.165, 1.54) is 7.11 Å². The Morgan fingerprint density at radius 1 is 1.47 bits per heavy atom. The number of esters is 1. The molecule has 0 amide bonds. The van der Waals surface area contributed by atoms with Crippen LogP contribution in [0.15, 0.2) is 24.3 Å². The number of ether oxygens (including phenoxy) is 1. The van der Waals surface area contributed by atoms with Gasteiger partial charge in [-0.3, -0.25) is 0 Å². The number of benzene rings is 1. The molecule has 2 rings (SSSR count). The first-order valence-corrected chi connectivity index (χ1v) is 5.22. The van der Waals surface area contributed by atoms with Gasteiger partial charge in [0.25, 0.3) is 0 Å². The first-order valence-electron chi connectivity index (χ1n) is 5.22. The predicted molar refractivity (Wildman–Crippen MR) is 63.6 cm³/mol. The van der Waals surface area contributed by atoms with Gasteiger partial charge in [-0.05, 0) is 25.1 Å². The number of rotatable bonds is 2. The van der Waals surface area contributed by atoms with E-state index in [4.69, 9.17) is 10.00 Å². The maximum Gasteiger partial charge on any atom is 0.354 e. The van der Waals surface area contributed by atoms with Crippen molar-refractivity contribution < 1.29 is 9.53 Å². The molecule has 0 spiro atoms. The van der Waals surface area contributed by atoms with Crippen molar-refractivity contribution in [3.63, 3.8) is 0 Å². The third kappa shape index (κ3) is 1.87. The largest absolute Gasteiger partial charge is 0.464 e. The summed E-state index contributed by atoms with van der Waals surface area (Å²) in [5.74, 6) is -0.422. The Morgan fingerprint density at radius 3 is 2.88 bits per heavy atom. The number of hydrogen-bond donors (Lipinski definition) is 0. The zero-order valence-corrected chi connectivity index (χ0v) is 9.73. The summed E-state index contributed by atoms with van der Waals surface area (Å²) in [6, 6.07) is 9.66. The lowest BCUT2D eigenvalue weighted by Gasteiger charge is -2.04. The standard InChI is InChI=1S/C13H12N2O2/c1-9-3-4-11-10(7-9)8-12(13(16)17-2)15(11)6-5-14/h3-4,7-8H,6H2,1-2H3. The Kier molecular flexibility index (Phi) is 2.84. The van der Waals surface area contributed by atoms with Crippen molar-refractivity contribution in [3.8, 4) is 6.07 Å². The number of nitriles is 1. The van der Waals surface area contributed by atoms with Crippen molar-refractivity contribution in [3.05, 3.63) is 35.5 Å². The van der Waals surface area contributed by atoms with Crippen LogP contribution in [0.4, 0.5) is 0 Å². The van der Waals surface area contributed by atoms with Crippen molar-refractivity contribution in [1.29, 1.82) is 5.26 Å². The van der Waals surface area contributed by atoms with E-state index in [1.807, 2.05) is 25.1 Å². The maximum absolute atomic E-state index is 11.6. The summed E-state index contributed by atoms with van der Waals surface area (Å²) in [4.78, 5) is 11.6.